The van der Waals surface area contributed by atoms with Crippen LogP contribution in [0.5, 0.6) is 0 Å². The lowest BCUT2D eigenvalue weighted by atomic mass is 9.45. The van der Waals surface area contributed by atoms with Crippen LogP contribution < -0.4 is 0 Å². The molecule has 4 nitrogen and oxygen atoms in total. The van der Waals surface area contributed by atoms with Crippen molar-refractivity contribution in [2.24, 2.45) is 23.7 Å². The number of carbonyl (C=O) groups is 4. The van der Waals surface area contributed by atoms with Crippen LogP contribution in [0.4, 0.5) is 0 Å². The summed E-state index contributed by atoms with van der Waals surface area (Å²) in [5.41, 5.74) is 1.81. The second-order valence-electron chi connectivity index (χ2n) is 10.1. The van der Waals surface area contributed by atoms with Crippen molar-refractivity contribution in [3.05, 3.63) is 125 Å². The first-order valence-electron chi connectivity index (χ1n) is 13.0. The van der Waals surface area contributed by atoms with Crippen molar-refractivity contribution in [3.8, 4) is 0 Å². The Balaban J connectivity index is 1.50. The number of hydrogen-bond donors (Lipinski definition) is 0. The Hall–Kier alpha value is -3.30. The summed E-state index contributed by atoms with van der Waals surface area (Å²) >= 11 is 5.40. The summed E-state index contributed by atoms with van der Waals surface area (Å²) < 4.78 is 0. The molecule has 5 aromatic rings. The number of rotatable bonds is 8. The number of carbonyl (C=O) groups excluding carboxylic acids is 4. The molecule has 0 radical (unpaired) electrons. The molecule has 4 aromatic heterocycles. The van der Waals surface area contributed by atoms with E-state index in [1.807, 2.05) is 70.1 Å². The van der Waals surface area contributed by atoms with Crippen molar-refractivity contribution in [2.75, 3.05) is 0 Å². The highest BCUT2D eigenvalue weighted by Crippen LogP contribution is 2.63. The minimum absolute atomic E-state index is 0.125. The second kappa shape index (κ2) is 10.3. The van der Waals surface area contributed by atoms with Crippen LogP contribution in [0, 0.1) is 23.7 Å². The molecule has 0 spiro atoms. The third-order valence-corrected chi connectivity index (χ3v) is 11.8. The fraction of sp³-hybridized carbons (Fsp3) is 0.188. The van der Waals surface area contributed by atoms with E-state index in [2.05, 4.69) is 0 Å². The summed E-state index contributed by atoms with van der Waals surface area (Å²) in [6.07, 6.45) is 0. The molecule has 3 unspecified atom stereocenters. The Morgan fingerprint density at radius 2 is 0.675 bits per heavy atom. The van der Waals surface area contributed by atoms with E-state index in [1.54, 1.807) is 24.3 Å². The third kappa shape index (κ3) is 3.96. The van der Waals surface area contributed by atoms with E-state index in [-0.39, 0.29) is 23.1 Å². The maximum Gasteiger partial charge on any atom is 0.177 e. The molecule has 198 valence electrons. The fourth-order valence-corrected chi connectivity index (χ4v) is 9.72. The van der Waals surface area contributed by atoms with Crippen molar-refractivity contribution in [1.82, 2.24) is 0 Å². The van der Waals surface area contributed by atoms with Crippen LogP contribution in [0.15, 0.2) is 94.3 Å². The Labute approximate surface area is 247 Å². The van der Waals surface area contributed by atoms with Crippen molar-refractivity contribution >= 4 is 68.5 Å². The van der Waals surface area contributed by atoms with Crippen molar-refractivity contribution in [3.63, 3.8) is 0 Å². The molecule has 8 heteroatoms. The van der Waals surface area contributed by atoms with Gasteiger partial charge in [-0.1, -0.05) is 48.5 Å². The SMILES string of the molecule is O=C(c1cccs1)C1C2c3ccccc3C([C@@H]1C(=O)c1cccs1)[C@H](C(=O)c1cccs1)[C@H]2C(=O)c1cccs1. The summed E-state index contributed by atoms with van der Waals surface area (Å²) in [5.74, 6) is -4.73. The molecule has 2 bridgehead atoms. The van der Waals surface area contributed by atoms with Gasteiger partial charge in [0.15, 0.2) is 23.1 Å². The normalized spacial score (nSPS) is 24.9. The van der Waals surface area contributed by atoms with Crippen molar-refractivity contribution < 1.29 is 19.2 Å². The molecule has 4 heterocycles. The van der Waals surface area contributed by atoms with Gasteiger partial charge >= 0.3 is 0 Å². The Morgan fingerprint density at radius 3 is 0.900 bits per heavy atom. The van der Waals surface area contributed by atoms with E-state index in [4.69, 9.17) is 0 Å². The molecule has 40 heavy (non-hydrogen) atoms. The first-order valence-corrected chi connectivity index (χ1v) is 16.5. The van der Waals surface area contributed by atoms with Crippen LogP contribution in [-0.4, -0.2) is 23.1 Å². The molecule has 0 aliphatic heterocycles. The second-order valence-corrected chi connectivity index (χ2v) is 13.9. The van der Waals surface area contributed by atoms with E-state index >= 15 is 0 Å². The van der Waals surface area contributed by atoms with Crippen molar-refractivity contribution in [1.29, 1.82) is 0 Å². The monoisotopic (exact) mass is 598 g/mol. The summed E-state index contributed by atoms with van der Waals surface area (Å²) in [6, 6.07) is 22.3. The highest BCUT2D eigenvalue weighted by Gasteiger charge is 2.64. The molecule has 0 N–H and O–H groups in total. The van der Waals surface area contributed by atoms with E-state index in [9.17, 15) is 19.2 Å². The minimum Gasteiger partial charge on any atom is -0.293 e. The van der Waals surface area contributed by atoms with Gasteiger partial charge in [0.2, 0.25) is 0 Å². The quantitative estimate of drug-likeness (QED) is 0.169. The molecule has 1 fully saturated rings. The number of ketones is 4. The average molecular weight is 599 g/mol. The van der Waals surface area contributed by atoms with E-state index in [0.717, 1.165) is 11.1 Å². The Bertz CT molecular complexity index is 1470. The van der Waals surface area contributed by atoms with Gasteiger partial charge < -0.3 is 0 Å². The first-order chi connectivity index (χ1) is 19.6. The highest BCUT2D eigenvalue weighted by molar-refractivity contribution is 7.13. The topological polar surface area (TPSA) is 68.3 Å². The van der Waals surface area contributed by atoms with E-state index < -0.39 is 35.5 Å². The molecule has 6 atom stereocenters. The molecule has 3 aliphatic rings. The van der Waals surface area contributed by atoms with Gasteiger partial charge in [-0.25, -0.2) is 0 Å². The van der Waals surface area contributed by atoms with Crippen LogP contribution in [0.1, 0.15) is 61.6 Å². The number of fused-ring (bicyclic) bond motifs is 2. The average Bonchev–Trinajstić information content (AvgIpc) is 3.82. The lowest BCUT2D eigenvalue weighted by Gasteiger charge is -2.55. The van der Waals surface area contributed by atoms with Gasteiger partial charge in [0.1, 0.15) is 0 Å². The van der Waals surface area contributed by atoms with E-state index in [1.165, 1.54) is 45.3 Å². The summed E-state index contributed by atoms with van der Waals surface area (Å²) in [6.45, 7) is 0. The van der Waals surface area contributed by atoms with Crippen LogP contribution in [-0.2, 0) is 0 Å². The molecule has 1 aromatic carbocycles. The molecule has 0 amide bonds. The smallest absolute Gasteiger partial charge is 0.177 e. The predicted octanol–water partition coefficient (Wildman–Crippen LogP) is 8.12. The molecule has 3 aliphatic carbocycles. The Morgan fingerprint density at radius 1 is 0.400 bits per heavy atom. The van der Waals surface area contributed by atoms with Crippen LogP contribution in [0.2, 0.25) is 0 Å². The maximum absolute atomic E-state index is 14.4. The van der Waals surface area contributed by atoms with Gasteiger partial charge in [-0.2, -0.15) is 0 Å². The zero-order valence-corrected chi connectivity index (χ0v) is 24.2. The number of thiophene rings is 4. The standard InChI is InChI=1S/C32H22O4S4/c33-29(19-9-3-13-37-19)25-23-17-7-1-2-8-18(17)24(27(25)31(35)21-11-5-15-39-21)28(32(36)22-12-6-16-40-22)26(23)30(34)20-10-4-14-38-20/h1-16,23-28H/t23?,24?,25-,26-,27-,28?/m0/s1. The van der Waals surface area contributed by atoms with Gasteiger partial charge in [0, 0.05) is 35.5 Å². The van der Waals surface area contributed by atoms with Gasteiger partial charge in [0.05, 0.1) is 19.5 Å². The van der Waals surface area contributed by atoms with Crippen LogP contribution in [0.25, 0.3) is 0 Å². The molecule has 8 rings (SSSR count). The fourth-order valence-electron chi connectivity index (χ4n) is 6.87. The molecular weight excluding hydrogens is 577 g/mol. The minimum atomic E-state index is -0.755. The van der Waals surface area contributed by atoms with E-state index in [0.29, 0.717) is 19.5 Å². The van der Waals surface area contributed by atoms with Crippen LogP contribution in [0.3, 0.4) is 0 Å². The number of Topliss-reactive ketones (excluding diaryl/α,β-unsaturated/α-hetero) is 4. The Kier molecular flexibility index (Phi) is 6.59. The third-order valence-electron chi connectivity index (χ3n) is 8.30. The van der Waals surface area contributed by atoms with Crippen molar-refractivity contribution in [2.45, 2.75) is 11.8 Å². The highest BCUT2D eigenvalue weighted by atomic mass is 32.1. The lowest BCUT2D eigenvalue weighted by Crippen LogP contribution is -2.57. The first kappa shape index (κ1) is 25.7. The maximum atomic E-state index is 14.4. The zero-order valence-electron chi connectivity index (χ0n) is 21.0. The number of hydrogen-bond acceptors (Lipinski definition) is 8. The van der Waals surface area contributed by atoms with Gasteiger partial charge in [-0.3, -0.25) is 19.2 Å². The molecule has 0 saturated heterocycles. The lowest BCUT2D eigenvalue weighted by molar-refractivity contribution is 0.0266. The van der Waals surface area contributed by atoms with Gasteiger partial charge in [0.25, 0.3) is 0 Å². The zero-order chi connectivity index (χ0) is 27.4. The van der Waals surface area contributed by atoms with Gasteiger partial charge in [-0.05, 0) is 56.9 Å². The van der Waals surface area contributed by atoms with Crippen LogP contribution >= 0.6 is 45.3 Å². The molecule has 1 saturated carbocycles. The van der Waals surface area contributed by atoms with Gasteiger partial charge in [-0.15, -0.1) is 45.3 Å². The molecular formula is C32H22O4S4. The predicted molar refractivity (Wildman–Crippen MR) is 160 cm³/mol. The summed E-state index contributed by atoms with van der Waals surface area (Å²) in [4.78, 5) is 59.8. The summed E-state index contributed by atoms with van der Waals surface area (Å²) in [5, 5.41) is 7.43. The number of benzene rings is 1. The summed E-state index contributed by atoms with van der Waals surface area (Å²) in [7, 11) is 0. The largest absolute Gasteiger partial charge is 0.293 e.